The Balaban J connectivity index is 3.35. The summed E-state index contributed by atoms with van der Waals surface area (Å²) >= 11 is 0. The van der Waals surface area contributed by atoms with Crippen molar-refractivity contribution in [2.75, 3.05) is 34.9 Å². The van der Waals surface area contributed by atoms with Crippen molar-refractivity contribution in [3.05, 3.63) is 27.8 Å². The van der Waals surface area contributed by atoms with E-state index in [-0.39, 0.29) is 35.1 Å². The largest absolute Gasteiger partial charge is 0.493 e. The maximum atomic E-state index is 12.0. The molecule has 0 N–H and O–H groups in total. The molecule has 19 heavy (non-hydrogen) atoms. The molecule has 0 radical (unpaired) electrons. The van der Waals surface area contributed by atoms with Gasteiger partial charge < -0.3 is 14.4 Å². The second kappa shape index (κ2) is 6.14. The number of carbonyl (C=O) groups excluding carboxylic acids is 1. The van der Waals surface area contributed by atoms with Gasteiger partial charge in [0.15, 0.2) is 17.3 Å². The quantitative estimate of drug-likeness (QED) is 0.440. The molecule has 1 aromatic carbocycles. The van der Waals surface area contributed by atoms with Crippen molar-refractivity contribution in [3.8, 4) is 11.5 Å². The standard InChI is InChI=1S/C12H16N2O5/c1-13(2)7-10(15)8-5-11(18-3)12(19-4)6-9(8)14(16)17/h5-6H,7H2,1-4H3. The van der Waals surface area contributed by atoms with Crippen LogP contribution in [-0.4, -0.2) is 50.5 Å². The lowest BCUT2D eigenvalue weighted by atomic mass is 10.1. The molecule has 0 aromatic heterocycles. The third-order valence-corrected chi connectivity index (χ3v) is 2.46. The third kappa shape index (κ3) is 3.41. The highest BCUT2D eigenvalue weighted by molar-refractivity contribution is 6.02. The zero-order valence-corrected chi connectivity index (χ0v) is 11.3. The van der Waals surface area contributed by atoms with Gasteiger partial charge in [0.05, 0.1) is 31.8 Å². The van der Waals surface area contributed by atoms with Crippen molar-refractivity contribution < 1.29 is 19.2 Å². The van der Waals surface area contributed by atoms with E-state index in [1.165, 1.54) is 26.4 Å². The van der Waals surface area contributed by atoms with E-state index in [2.05, 4.69) is 0 Å². The molecule has 0 aliphatic rings. The number of hydrogen-bond acceptors (Lipinski definition) is 6. The predicted octanol–water partition coefficient (Wildman–Crippen LogP) is 1.36. The predicted molar refractivity (Wildman–Crippen MR) is 69.1 cm³/mol. The number of carbonyl (C=O) groups is 1. The van der Waals surface area contributed by atoms with E-state index in [0.29, 0.717) is 0 Å². The van der Waals surface area contributed by atoms with E-state index < -0.39 is 4.92 Å². The van der Waals surface area contributed by atoms with E-state index in [1.807, 2.05) is 0 Å². The highest BCUT2D eigenvalue weighted by Crippen LogP contribution is 2.34. The minimum Gasteiger partial charge on any atom is -0.493 e. The number of hydrogen-bond donors (Lipinski definition) is 0. The highest BCUT2D eigenvalue weighted by Gasteiger charge is 2.24. The average molecular weight is 268 g/mol. The number of rotatable bonds is 6. The van der Waals surface area contributed by atoms with Crippen LogP contribution in [0.15, 0.2) is 12.1 Å². The van der Waals surface area contributed by atoms with Crippen LogP contribution in [0.4, 0.5) is 5.69 Å². The molecule has 7 heteroatoms. The summed E-state index contributed by atoms with van der Waals surface area (Å²) in [6, 6.07) is 2.53. The number of ether oxygens (including phenoxy) is 2. The van der Waals surface area contributed by atoms with Crippen molar-refractivity contribution >= 4 is 11.5 Å². The molecule has 0 spiro atoms. The Bertz CT molecular complexity index is 499. The Kier molecular flexibility index (Phi) is 4.82. The van der Waals surface area contributed by atoms with E-state index >= 15 is 0 Å². The summed E-state index contributed by atoms with van der Waals surface area (Å²) in [4.78, 5) is 24.1. The van der Waals surface area contributed by atoms with Crippen LogP contribution in [0.25, 0.3) is 0 Å². The fourth-order valence-electron chi connectivity index (χ4n) is 1.62. The monoisotopic (exact) mass is 268 g/mol. The molecule has 0 aliphatic carbocycles. The first-order valence-electron chi connectivity index (χ1n) is 5.49. The maximum Gasteiger partial charge on any atom is 0.284 e. The average Bonchev–Trinajstić information content (AvgIpc) is 2.35. The molecule has 0 unspecified atom stereocenters. The SMILES string of the molecule is COc1cc(C(=O)CN(C)C)c([N+](=O)[O-])cc1OC. The van der Waals surface area contributed by atoms with Gasteiger partial charge in [-0.1, -0.05) is 0 Å². The summed E-state index contributed by atoms with van der Waals surface area (Å²) in [6.45, 7) is 0.0797. The van der Waals surface area contributed by atoms with E-state index in [0.717, 1.165) is 0 Å². The summed E-state index contributed by atoms with van der Waals surface area (Å²) in [5, 5.41) is 11.0. The zero-order valence-electron chi connectivity index (χ0n) is 11.3. The van der Waals surface area contributed by atoms with Gasteiger partial charge in [-0.05, 0) is 14.1 Å². The maximum absolute atomic E-state index is 12.0. The number of likely N-dealkylation sites (N-methyl/N-ethyl adjacent to an activating group) is 1. The van der Waals surface area contributed by atoms with Crippen molar-refractivity contribution in [2.45, 2.75) is 0 Å². The topological polar surface area (TPSA) is 81.9 Å². The van der Waals surface area contributed by atoms with E-state index in [1.54, 1.807) is 19.0 Å². The summed E-state index contributed by atoms with van der Waals surface area (Å²) < 4.78 is 10.0. The highest BCUT2D eigenvalue weighted by atomic mass is 16.6. The van der Waals surface area contributed by atoms with Gasteiger partial charge in [-0.25, -0.2) is 0 Å². The molecule has 0 fully saturated rings. The second-order valence-electron chi connectivity index (χ2n) is 4.14. The summed E-state index contributed by atoms with van der Waals surface area (Å²) in [7, 11) is 6.21. The van der Waals surface area contributed by atoms with Gasteiger partial charge in [0.1, 0.15) is 5.56 Å². The minimum absolute atomic E-state index is 0.0105. The Morgan fingerprint density at radius 2 is 1.79 bits per heavy atom. The van der Waals surface area contributed by atoms with Gasteiger partial charge in [-0.2, -0.15) is 0 Å². The van der Waals surface area contributed by atoms with Crippen molar-refractivity contribution in [1.29, 1.82) is 0 Å². The second-order valence-corrected chi connectivity index (χ2v) is 4.14. The molecule has 0 bridgehead atoms. The van der Waals surface area contributed by atoms with Gasteiger partial charge in [0.25, 0.3) is 5.69 Å². The van der Waals surface area contributed by atoms with Gasteiger partial charge in [0.2, 0.25) is 0 Å². The van der Waals surface area contributed by atoms with Crippen LogP contribution in [-0.2, 0) is 0 Å². The number of nitro groups is 1. The molecule has 0 saturated carbocycles. The number of ketones is 1. The normalized spacial score (nSPS) is 10.4. The molecule has 104 valence electrons. The molecule has 0 aliphatic heterocycles. The van der Waals surface area contributed by atoms with Crippen LogP contribution in [0.5, 0.6) is 11.5 Å². The van der Waals surface area contributed by atoms with Crippen molar-refractivity contribution in [2.24, 2.45) is 0 Å². The molecule has 0 atom stereocenters. The molecule has 0 amide bonds. The molecule has 7 nitrogen and oxygen atoms in total. The third-order valence-electron chi connectivity index (χ3n) is 2.46. The van der Waals surface area contributed by atoms with Crippen LogP contribution in [0, 0.1) is 10.1 Å². The zero-order chi connectivity index (χ0) is 14.6. The minimum atomic E-state index is -0.606. The lowest BCUT2D eigenvalue weighted by molar-refractivity contribution is -0.385. The molecule has 1 rings (SSSR count). The van der Waals surface area contributed by atoms with Gasteiger partial charge in [-0.15, -0.1) is 0 Å². The smallest absolute Gasteiger partial charge is 0.284 e. The van der Waals surface area contributed by atoms with Crippen LogP contribution >= 0.6 is 0 Å². The van der Waals surface area contributed by atoms with E-state index in [9.17, 15) is 14.9 Å². The lowest BCUT2D eigenvalue weighted by Gasteiger charge is -2.12. The van der Waals surface area contributed by atoms with Crippen LogP contribution in [0.1, 0.15) is 10.4 Å². The molecular formula is C12H16N2O5. The van der Waals surface area contributed by atoms with Crippen molar-refractivity contribution in [3.63, 3.8) is 0 Å². The Labute approximate surface area is 110 Å². The first-order chi connectivity index (χ1) is 8.90. The Morgan fingerprint density at radius 3 is 2.21 bits per heavy atom. The summed E-state index contributed by atoms with van der Waals surface area (Å²) in [5.41, 5.74) is -0.277. The lowest BCUT2D eigenvalue weighted by Crippen LogP contribution is -2.22. The Hall–Kier alpha value is -2.15. The molecular weight excluding hydrogens is 252 g/mol. The fourth-order valence-corrected chi connectivity index (χ4v) is 1.62. The van der Waals surface area contributed by atoms with Gasteiger partial charge in [-0.3, -0.25) is 14.9 Å². The number of nitrogens with zero attached hydrogens (tertiary/aromatic N) is 2. The van der Waals surface area contributed by atoms with Crippen molar-refractivity contribution in [1.82, 2.24) is 4.90 Å². The first kappa shape index (κ1) is 14.9. The molecule has 0 saturated heterocycles. The van der Waals surface area contributed by atoms with Gasteiger partial charge >= 0.3 is 0 Å². The number of methoxy groups -OCH3 is 2. The Morgan fingerprint density at radius 1 is 1.26 bits per heavy atom. The number of nitro benzene ring substituents is 1. The number of benzene rings is 1. The first-order valence-corrected chi connectivity index (χ1v) is 5.49. The molecule has 1 aromatic rings. The van der Waals surface area contributed by atoms with Crippen LogP contribution in [0.2, 0.25) is 0 Å². The van der Waals surface area contributed by atoms with E-state index in [4.69, 9.17) is 9.47 Å². The molecule has 0 heterocycles. The van der Waals surface area contributed by atoms with Crippen LogP contribution < -0.4 is 9.47 Å². The number of Topliss-reactive ketones (excluding diaryl/α,β-unsaturated/α-hetero) is 1. The van der Waals surface area contributed by atoms with Crippen LogP contribution in [0.3, 0.4) is 0 Å². The summed E-state index contributed by atoms with van der Waals surface area (Å²) in [6.07, 6.45) is 0. The van der Waals surface area contributed by atoms with Gasteiger partial charge in [0, 0.05) is 6.07 Å². The fraction of sp³-hybridized carbons (Fsp3) is 0.417. The summed E-state index contributed by atoms with van der Waals surface area (Å²) in [5.74, 6) is 0.156.